The van der Waals surface area contributed by atoms with Crippen LogP contribution in [0, 0.1) is 5.82 Å². The molecule has 0 fully saturated rings. The minimum absolute atomic E-state index is 0.177. The van der Waals surface area contributed by atoms with Gasteiger partial charge in [-0.2, -0.15) is 0 Å². The molecule has 0 heterocycles. The van der Waals surface area contributed by atoms with Crippen LogP contribution in [-0.4, -0.2) is 46.5 Å². The third-order valence-electron chi connectivity index (χ3n) is 3.31. The first kappa shape index (κ1) is 16.9. The second-order valence-corrected chi connectivity index (χ2v) is 5.05. The van der Waals surface area contributed by atoms with Gasteiger partial charge in [0, 0.05) is 19.6 Å². The van der Waals surface area contributed by atoms with Crippen LogP contribution >= 0.6 is 0 Å². The van der Waals surface area contributed by atoms with Crippen molar-refractivity contribution in [2.75, 3.05) is 13.6 Å². The van der Waals surface area contributed by atoms with Crippen molar-refractivity contribution in [2.24, 2.45) is 0 Å². The van der Waals surface area contributed by atoms with Crippen molar-refractivity contribution < 1.29 is 19.1 Å². The minimum atomic E-state index is -1.05. The minimum Gasteiger partial charge on any atom is -0.480 e. The van der Waals surface area contributed by atoms with Gasteiger partial charge in [-0.3, -0.25) is 4.79 Å². The van der Waals surface area contributed by atoms with Crippen LogP contribution in [0.2, 0.25) is 0 Å². The fourth-order valence-corrected chi connectivity index (χ4v) is 1.97. The molecule has 1 aromatic carbocycles. The smallest absolute Gasteiger partial charge is 0.323 e. The highest BCUT2D eigenvalue weighted by Gasteiger charge is 2.24. The summed E-state index contributed by atoms with van der Waals surface area (Å²) in [5.41, 5.74) is 0.658. The van der Waals surface area contributed by atoms with Crippen LogP contribution in [0.3, 0.4) is 0 Å². The molecule has 1 atom stereocenters. The van der Waals surface area contributed by atoms with E-state index >= 15 is 0 Å². The molecule has 21 heavy (non-hydrogen) atoms. The predicted octanol–water partition coefficient (Wildman–Crippen LogP) is 2.56. The van der Waals surface area contributed by atoms with E-state index in [1.54, 1.807) is 26.1 Å². The van der Waals surface area contributed by atoms with Crippen molar-refractivity contribution in [3.63, 3.8) is 0 Å². The Kier molecular flexibility index (Phi) is 6.14. The number of carboxylic acids is 1. The number of hydrogen-bond donors (Lipinski definition) is 1. The Hall–Kier alpha value is -2.11. The molecule has 0 saturated carbocycles. The Morgan fingerprint density at radius 2 is 2.05 bits per heavy atom. The second kappa shape index (κ2) is 7.61. The van der Waals surface area contributed by atoms with Crippen LogP contribution in [0.4, 0.5) is 9.18 Å². The molecular formula is C15H21FN2O3. The van der Waals surface area contributed by atoms with Crippen molar-refractivity contribution in [3.05, 3.63) is 35.6 Å². The van der Waals surface area contributed by atoms with Gasteiger partial charge in [0.25, 0.3) is 0 Å². The monoisotopic (exact) mass is 296 g/mol. The lowest BCUT2D eigenvalue weighted by Crippen LogP contribution is -2.47. The van der Waals surface area contributed by atoms with Crippen molar-refractivity contribution in [1.29, 1.82) is 0 Å². The zero-order valence-electron chi connectivity index (χ0n) is 12.5. The van der Waals surface area contributed by atoms with Gasteiger partial charge >= 0.3 is 12.0 Å². The maximum Gasteiger partial charge on any atom is 0.323 e. The Labute approximate surface area is 124 Å². The fraction of sp³-hybridized carbons (Fsp3) is 0.467. The molecule has 0 saturated heterocycles. The summed E-state index contributed by atoms with van der Waals surface area (Å²) in [5, 5.41) is 8.92. The van der Waals surface area contributed by atoms with Crippen LogP contribution in [0.1, 0.15) is 25.8 Å². The summed E-state index contributed by atoms with van der Waals surface area (Å²) in [7, 11) is 1.57. The number of urea groups is 1. The highest BCUT2D eigenvalue weighted by molar-refractivity contribution is 5.80. The second-order valence-electron chi connectivity index (χ2n) is 5.05. The van der Waals surface area contributed by atoms with Gasteiger partial charge in [-0.15, -0.1) is 0 Å². The topological polar surface area (TPSA) is 60.9 Å². The number of carbonyl (C=O) groups excluding carboxylic acids is 1. The van der Waals surface area contributed by atoms with Gasteiger partial charge < -0.3 is 14.9 Å². The number of benzene rings is 1. The average molecular weight is 296 g/mol. The van der Waals surface area contributed by atoms with Crippen LogP contribution in [-0.2, 0) is 11.3 Å². The molecule has 2 amide bonds. The van der Waals surface area contributed by atoms with Crippen molar-refractivity contribution in [3.8, 4) is 0 Å². The molecule has 1 aromatic rings. The lowest BCUT2D eigenvalue weighted by atomic mass is 10.2. The molecule has 0 aliphatic carbocycles. The SMILES string of the molecule is CCC(C)N(CC(=O)O)C(=O)N(C)Cc1cccc(F)c1. The van der Waals surface area contributed by atoms with E-state index in [4.69, 9.17) is 5.11 Å². The molecule has 0 spiro atoms. The molecule has 0 radical (unpaired) electrons. The third kappa shape index (κ3) is 5.06. The molecule has 0 bridgehead atoms. The largest absolute Gasteiger partial charge is 0.480 e. The first-order chi connectivity index (χ1) is 9.85. The van der Waals surface area contributed by atoms with Gasteiger partial charge in [-0.05, 0) is 31.0 Å². The molecule has 5 nitrogen and oxygen atoms in total. The molecule has 0 aromatic heterocycles. The molecular weight excluding hydrogens is 275 g/mol. The number of carbonyl (C=O) groups is 2. The van der Waals surface area contributed by atoms with E-state index < -0.39 is 5.97 Å². The van der Waals surface area contributed by atoms with Crippen LogP contribution < -0.4 is 0 Å². The van der Waals surface area contributed by atoms with Crippen molar-refractivity contribution in [2.45, 2.75) is 32.9 Å². The first-order valence-electron chi connectivity index (χ1n) is 6.83. The number of aliphatic carboxylic acids is 1. The fourth-order valence-electron chi connectivity index (χ4n) is 1.97. The lowest BCUT2D eigenvalue weighted by Gasteiger charge is -2.31. The molecule has 0 aliphatic heterocycles. The summed E-state index contributed by atoms with van der Waals surface area (Å²) < 4.78 is 13.1. The molecule has 0 aliphatic rings. The van der Waals surface area contributed by atoms with E-state index in [2.05, 4.69) is 0 Å². The van der Waals surface area contributed by atoms with Gasteiger partial charge in [0.15, 0.2) is 0 Å². The van der Waals surface area contributed by atoms with Gasteiger partial charge in [-0.1, -0.05) is 19.1 Å². The van der Waals surface area contributed by atoms with Gasteiger partial charge in [-0.25, -0.2) is 9.18 Å². The molecule has 6 heteroatoms. The maximum atomic E-state index is 13.1. The summed E-state index contributed by atoms with van der Waals surface area (Å²) in [6, 6.07) is 5.43. The molecule has 1 unspecified atom stereocenters. The Morgan fingerprint density at radius 3 is 2.57 bits per heavy atom. The van der Waals surface area contributed by atoms with Gasteiger partial charge in [0.05, 0.1) is 0 Å². The summed E-state index contributed by atoms with van der Waals surface area (Å²) in [6.07, 6.45) is 0.660. The number of nitrogens with zero attached hydrogens (tertiary/aromatic N) is 2. The predicted molar refractivity (Wildman–Crippen MR) is 77.4 cm³/mol. The van der Waals surface area contributed by atoms with Crippen molar-refractivity contribution >= 4 is 12.0 Å². The van der Waals surface area contributed by atoms with Crippen LogP contribution in [0.15, 0.2) is 24.3 Å². The Balaban J connectivity index is 2.80. The highest BCUT2D eigenvalue weighted by atomic mass is 19.1. The van der Waals surface area contributed by atoms with E-state index in [0.29, 0.717) is 12.0 Å². The zero-order valence-corrected chi connectivity index (χ0v) is 12.5. The highest BCUT2D eigenvalue weighted by Crippen LogP contribution is 2.11. The molecule has 1 N–H and O–H groups in total. The Bertz CT molecular complexity index is 507. The number of carboxylic acid groups (broad SMARTS) is 1. The third-order valence-corrected chi connectivity index (χ3v) is 3.31. The van der Waals surface area contributed by atoms with E-state index in [-0.39, 0.29) is 31.0 Å². The molecule has 1 rings (SSSR count). The zero-order chi connectivity index (χ0) is 16.0. The van der Waals surface area contributed by atoms with E-state index in [0.717, 1.165) is 0 Å². The first-order valence-corrected chi connectivity index (χ1v) is 6.83. The van der Waals surface area contributed by atoms with Crippen LogP contribution in [0.25, 0.3) is 0 Å². The summed E-state index contributed by atoms with van der Waals surface area (Å²) in [5.74, 6) is -1.42. The number of halogens is 1. The Morgan fingerprint density at radius 1 is 1.38 bits per heavy atom. The summed E-state index contributed by atoms with van der Waals surface area (Å²) >= 11 is 0. The summed E-state index contributed by atoms with van der Waals surface area (Å²) in [4.78, 5) is 26.0. The van der Waals surface area contributed by atoms with Gasteiger partial charge in [0.1, 0.15) is 12.4 Å². The van der Waals surface area contributed by atoms with Gasteiger partial charge in [0.2, 0.25) is 0 Å². The maximum absolute atomic E-state index is 13.1. The number of amides is 2. The number of rotatable bonds is 6. The quantitative estimate of drug-likeness (QED) is 0.877. The van der Waals surface area contributed by atoms with E-state index in [1.807, 2.05) is 6.92 Å². The lowest BCUT2D eigenvalue weighted by molar-refractivity contribution is -0.138. The van der Waals surface area contributed by atoms with Crippen molar-refractivity contribution in [1.82, 2.24) is 9.80 Å². The van der Waals surface area contributed by atoms with E-state index in [1.165, 1.54) is 21.9 Å². The van der Waals surface area contributed by atoms with E-state index in [9.17, 15) is 14.0 Å². The average Bonchev–Trinajstić information content (AvgIpc) is 2.43. The standard InChI is InChI=1S/C15H21FN2O3/c1-4-11(2)18(10-14(19)20)15(21)17(3)9-12-6-5-7-13(16)8-12/h5-8,11H,4,9-10H2,1-3H3,(H,19,20). The van der Waals surface area contributed by atoms with Crippen LogP contribution in [0.5, 0.6) is 0 Å². The molecule has 116 valence electrons. The summed E-state index contributed by atoms with van der Waals surface area (Å²) in [6.45, 7) is 3.57. The normalized spacial score (nSPS) is 11.8. The number of hydrogen-bond acceptors (Lipinski definition) is 2.